The molecule has 0 fully saturated rings. The molecule has 0 aliphatic rings. The number of carbonyl (C=O) groups is 4. The number of phenolic OH excluding ortho intramolecular Hbond substituents is 1. The third kappa shape index (κ3) is 27.1. The fourth-order valence-corrected chi connectivity index (χ4v) is 7.79. The van der Waals surface area contributed by atoms with Crippen molar-refractivity contribution < 1.29 is 33.8 Å². The van der Waals surface area contributed by atoms with E-state index in [4.69, 9.17) is 9.47 Å². The number of aryl methyl sites for hydroxylation is 1. The van der Waals surface area contributed by atoms with Crippen molar-refractivity contribution in [2.45, 2.75) is 259 Å². The fraction of sp³-hybridized carbons (Fsp3) is 0.804. The van der Waals surface area contributed by atoms with E-state index in [9.17, 15) is 24.3 Å². The quantitative estimate of drug-likeness (QED) is 0.0408. The van der Waals surface area contributed by atoms with Crippen LogP contribution in [0, 0.1) is 12.8 Å². The molecule has 0 atom stereocenters. The molecular weight excluding hydrogens is 725 g/mol. The average molecular weight is 813 g/mol. The van der Waals surface area contributed by atoms with Crippen LogP contribution in [-0.4, -0.2) is 29.0 Å². The van der Waals surface area contributed by atoms with Crippen LogP contribution in [0.1, 0.15) is 257 Å². The number of esters is 4. The maximum Gasteiger partial charge on any atom is 0.328 e. The molecule has 0 saturated carbocycles. The van der Waals surface area contributed by atoms with Crippen molar-refractivity contribution in [3.63, 3.8) is 0 Å². The van der Waals surface area contributed by atoms with Crippen LogP contribution in [0.2, 0.25) is 0 Å². The Kier molecular flexibility index (Phi) is 31.3. The first kappa shape index (κ1) is 53.3. The Hall–Kier alpha value is -2.70. The van der Waals surface area contributed by atoms with Crippen LogP contribution in [-0.2, 0) is 40.5 Å². The zero-order chi connectivity index (χ0) is 42.9. The van der Waals surface area contributed by atoms with E-state index in [1.54, 1.807) is 19.1 Å². The number of hydrogen-bond donors (Lipinski definition) is 1. The van der Waals surface area contributed by atoms with Gasteiger partial charge in [-0.25, -0.2) is 0 Å². The fourth-order valence-electron chi connectivity index (χ4n) is 7.79. The molecule has 0 radical (unpaired) electrons. The van der Waals surface area contributed by atoms with Crippen molar-refractivity contribution in [2.24, 2.45) is 5.92 Å². The number of unbranched alkanes of at least 4 members (excludes halogenated alkanes) is 28. The second-order valence-corrected chi connectivity index (χ2v) is 18.3. The third-order valence-corrected chi connectivity index (χ3v) is 11.6. The van der Waals surface area contributed by atoms with Crippen LogP contribution in [0.15, 0.2) is 12.1 Å². The first-order valence-electron chi connectivity index (χ1n) is 24.2. The van der Waals surface area contributed by atoms with Crippen LogP contribution in [0.3, 0.4) is 0 Å². The minimum Gasteiger partial charge on any atom is -0.507 e. The van der Waals surface area contributed by atoms with E-state index in [0.717, 1.165) is 38.5 Å². The Labute approximate surface area is 356 Å². The maximum atomic E-state index is 13.4. The first-order chi connectivity index (χ1) is 27.9. The zero-order valence-electron chi connectivity index (χ0n) is 38.5. The number of benzene rings is 1. The van der Waals surface area contributed by atoms with E-state index in [1.807, 2.05) is 20.8 Å². The Morgan fingerprint density at radius 3 is 1.09 bits per heavy atom. The summed E-state index contributed by atoms with van der Waals surface area (Å²) in [6, 6.07) is 3.48. The number of carbonyl (C=O) groups excluding carboxylic acids is 4. The molecule has 1 aromatic rings. The number of hydrogen-bond acceptors (Lipinski definition) is 7. The van der Waals surface area contributed by atoms with Crippen LogP contribution >= 0.6 is 0 Å². The van der Waals surface area contributed by atoms with Gasteiger partial charge in [-0.15, -0.1) is 0 Å². The molecule has 0 heterocycles. The van der Waals surface area contributed by atoms with Gasteiger partial charge < -0.3 is 14.6 Å². The van der Waals surface area contributed by atoms with Crippen molar-refractivity contribution in [1.29, 1.82) is 0 Å². The highest BCUT2D eigenvalue weighted by Crippen LogP contribution is 2.35. The summed E-state index contributed by atoms with van der Waals surface area (Å²) in [5, 5.41) is 10.7. The van der Waals surface area contributed by atoms with Gasteiger partial charge in [0.15, 0.2) is 5.92 Å². The van der Waals surface area contributed by atoms with Crippen LogP contribution in [0.25, 0.3) is 0 Å². The first-order valence-corrected chi connectivity index (χ1v) is 24.2. The lowest BCUT2D eigenvalue weighted by atomic mass is 9.83. The third-order valence-electron chi connectivity index (χ3n) is 11.6. The summed E-state index contributed by atoms with van der Waals surface area (Å²) in [5.74, 6) is -4.66. The largest absolute Gasteiger partial charge is 0.507 e. The van der Waals surface area contributed by atoms with Crippen molar-refractivity contribution in [2.75, 3.05) is 0 Å². The van der Waals surface area contributed by atoms with E-state index in [-0.39, 0.29) is 25.0 Å². The van der Waals surface area contributed by atoms with Crippen molar-refractivity contribution in [3.8, 4) is 5.75 Å². The molecule has 0 bridgehead atoms. The van der Waals surface area contributed by atoms with Gasteiger partial charge in [-0.2, -0.15) is 0 Å². The second-order valence-electron chi connectivity index (χ2n) is 18.3. The number of aromatic hydroxyl groups is 1. The Balaban J connectivity index is 2.51. The number of phenols is 1. The highest BCUT2D eigenvalue weighted by Gasteiger charge is 2.34. The lowest BCUT2D eigenvalue weighted by Crippen LogP contribution is -2.33. The molecule has 1 rings (SSSR count). The van der Waals surface area contributed by atoms with Crippen molar-refractivity contribution in [3.05, 3.63) is 28.8 Å². The monoisotopic (exact) mass is 813 g/mol. The Morgan fingerprint density at radius 1 is 0.500 bits per heavy atom. The van der Waals surface area contributed by atoms with Crippen LogP contribution in [0.5, 0.6) is 5.75 Å². The lowest BCUT2D eigenvalue weighted by molar-refractivity contribution is -0.171. The molecule has 0 spiro atoms. The maximum absolute atomic E-state index is 13.4. The summed E-state index contributed by atoms with van der Waals surface area (Å²) in [5.41, 5.74) is 1.50. The molecule has 0 aliphatic carbocycles. The molecule has 0 unspecified atom stereocenters. The molecule has 58 heavy (non-hydrogen) atoms. The molecule has 7 heteroatoms. The smallest absolute Gasteiger partial charge is 0.328 e. The van der Waals surface area contributed by atoms with Gasteiger partial charge in [-0.3, -0.25) is 19.2 Å². The predicted molar refractivity (Wildman–Crippen MR) is 240 cm³/mol. The molecular formula is C51H88O7. The normalized spacial score (nSPS) is 11.6. The van der Waals surface area contributed by atoms with Gasteiger partial charge in [0.05, 0.1) is 0 Å². The molecule has 0 aliphatic heterocycles. The van der Waals surface area contributed by atoms with Crippen LogP contribution < -0.4 is 0 Å². The standard InChI is InChI=1S/C51H88O7/c1-7-9-11-13-15-17-19-21-23-25-27-29-31-33-35-37-46(52)57-49(55)44(40-43-39-42(3)48(54)45(41-43)51(4,5)6)50(56)58-47(53)38-36-34-32-30-28-26-24-22-20-18-16-14-12-10-8-2/h39,41,44,54H,7-38,40H2,1-6H3. The molecule has 334 valence electrons. The minimum atomic E-state index is -1.48. The number of rotatable bonds is 36. The average Bonchev–Trinajstić information content (AvgIpc) is 3.17. The van der Waals surface area contributed by atoms with Gasteiger partial charge in [-0.05, 0) is 48.3 Å². The van der Waals surface area contributed by atoms with Gasteiger partial charge in [0, 0.05) is 12.8 Å². The lowest BCUT2D eigenvalue weighted by Gasteiger charge is -2.23. The van der Waals surface area contributed by atoms with E-state index in [2.05, 4.69) is 13.8 Å². The van der Waals surface area contributed by atoms with Gasteiger partial charge in [0.1, 0.15) is 5.75 Å². The molecule has 0 aromatic heterocycles. The summed E-state index contributed by atoms with van der Waals surface area (Å²) in [7, 11) is 0. The molecule has 7 nitrogen and oxygen atoms in total. The summed E-state index contributed by atoms with van der Waals surface area (Å²) in [4.78, 5) is 52.2. The Morgan fingerprint density at radius 2 is 0.793 bits per heavy atom. The predicted octanol–water partition coefficient (Wildman–Crippen LogP) is 14.8. The summed E-state index contributed by atoms with van der Waals surface area (Å²) in [6.07, 6.45) is 36.5. The van der Waals surface area contributed by atoms with E-state index in [0.29, 0.717) is 29.5 Å². The van der Waals surface area contributed by atoms with Crippen LogP contribution in [0.4, 0.5) is 0 Å². The molecule has 1 aromatic carbocycles. The van der Waals surface area contributed by atoms with E-state index >= 15 is 0 Å². The van der Waals surface area contributed by atoms with Gasteiger partial charge >= 0.3 is 23.9 Å². The zero-order valence-corrected chi connectivity index (χ0v) is 38.5. The number of ether oxygens (including phenoxy) is 2. The van der Waals surface area contributed by atoms with Crippen molar-refractivity contribution in [1.82, 2.24) is 0 Å². The molecule has 0 amide bonds. The Bertz CT molecular complexity index is 1190. The highest BCUT2D eigenvalue weighted by molar-refractivity contribution is 6.02. The topological polar surface area (TPSA) is 107 Å². The second kappa shape index (κ2) is 34.1. The van der Waals surface area contributed by atoms with Crippen molar-refractivity contribution >= 4 is 23.9 Å². The van der Waals surface area contributed by atoms with Gasteiger partial charge in [-0.1, -0.05) is 227 Å². The summed E-state index contributed by atoms with van der Waals surface area (Å²) < 4.78 is 10.4. The van der Waals surface area contributed by atoms with Gasteiger partial charge in [0.2, 0.25) is 0 Å². The van der Waals surface area contributed by atoms with E-state index in [1.165, 1.54) is 141 Å². The summed E-state index contributed by atoms with van der Waals surface area (Å²) >= 11 is 0. The molecule has 0 saturated heterocycles. The minimum absolute atomic E-state index is 0.0936. The van der Waals surface area contributed by atoms with E-state index < -0.39 is 35.2 Å². The highest BCUT2D eigenvalue weighted by atomic mass is 16.6. The summed E-state index contributed by atoms with van der Waals surface area (Å²) in [6.45, 7) is 12.2. The van der Waals surface area contributed by atoms with Gasteiger partial charge in [0.25, 0.3) is 0 Å². The molecule has 1 N–H and O–H groups in total. The SMILES string of the molecule is CCCCCCCCCCCCCCCCCC(=O)OC(=O)C(Cc1cc(C)c(O)c(C(C)(C)C)c1)C(=O)OC(=O)CCCCCCCCCCCCCCCCC.